The molecule has 0 aliphatic rings. The minimum absolute atomic E-state index is 0.0703. The largest absolute Gasteiger partial charge is 0.321 e. The van der Waals surface area contributed by atoms with Gasteiger partial charge >= 0.3 is 0 Å². The topological polar surface area (TPSA) is 46.2 Å². The van der Waals surface area contributed by atoms with E-state index in [2.05, 4.69) is 0 Å². The number of hydrogen-bond acceptors (Lipinski definition) is 2. The predicted molar refractivity (Wildman–Crippen MR) is 50.7 cm³/mol. The number of anilines is 1. The van der Waals surface area contributed by atoms with Crippen LogP contribution in [0, 0.1) is 11.6 Å². The van der Waals surface area contributed by atoms with Crippen LogP contribution in [0.4, 0.5) is 14.5 Å². The van der Waals surface area contributed by atoms with E-state index in [0.717, 1.165) is 19.1 Å². The Morgan fingerprint density at radius 2 is 1.60 bits per heavy atom. The first-order valence-electron chi connectivity index (χ1n) is 4.19. The molecule has 1 N–H and O–H groups in total. The number of Topliss-reactive ketones (excluding diaryl/α,β-unsaturated/α-hetero) is 1. The molecule has 1 aromatic carbocycles. The van der Waals surface area contributed by atoms with E-state index in [4.69, 9.17) is 0 Å². The molecule has 0 spiro atoms. The number of carbonyl (C=O) groups is 2. The quantitative estimate of drug-likeness (QED) is 0.765. The van der Waals surface area contributed by atoms with E-state index in [9.17, 15) is 18.4 Å². The van der Waals surface area contributed by atoms with Gasteiger partial charge in [-0.25, -0.2) is 8.78 Å². The van der Waals surface area contributed by atoms with Crippen molar-refractivity contribution in [2.45, 2.75) is 13.8 Å². The molecule has 0 aromatic heterocycles. The van der Waals surface area contributed by atoms with Gasteiger partial charge in [-0.15, -0.1) is 0 Å². The number of rotatable bonds is 2. The lowest BCUT2D eigenvalue weighted by Crippen LogP contribution is -2.10. The summed E-state index contributed by atoms with van der Waals surface area (Å²) in [5.74, 6) is -2.95. The fourth-order valence-electron chi connectivity index (χ4n) is 1.07. The Morgan fingerprint density at radius 3 is 1.93 bits per heavy atom. The Bertz CT molecular complexity index is 406. The molecule has 5 heteroatoms. The lowest BCUT2D eigenvalue weighted by atomic mass is 10.1. The van der Waals surface area contributed by atoms with E-state index in [0.29, 0.717) is 0 Å². The molecule has 0 atom stereocenters. The fourth-order valence-corrected chi connectivity index (χ4v) is 1.07. The number of ketones is 1. The summed E-state index contributed by atoms with van der Waals surface area (Å²) in [6, 6.07) is 1.77. The van der Waals surface area contributed by atoms with Crippen LogP contribution in [0.1, 0.15) is 24.2 Å². The summed E-state index contributed by atoms with van der Waals surface area (Å²) in [4.78, 5) is 21.5. The molecule has 80 valence electrons. The third kappa shape index (κ3) is 2.59. The van der Waals surface area contributed by atoms with Gasteiger partial charge in [0, 0.05) is 12.5 Å². The molecule has 0 heterocycles. The van der Waals surface area contributed by atoms with E-state index in [1.54, 1.807) is 0 Å². The third-order valence-corrected chi connectivity index (χ3v) is 1.75. The molecule has 0 radical (unpaired) electrons. The van der Waals surface area contributed by atoms with Gasteiger partial charge in [0.25, 0.3) is 0 Å². The minimum Gasteiger partial charge on any atom is -0.321 e. The Balaban J connectivity index is 3.21. The lowest BCUT2D eigenvalue weighted by molar-refractivity contribution is -0.114. The van der Waals surface area contributed by atoms with Gasteiger partial charge in [-0.1, -0.05) is 0 Å². The highest BCUT2D eigenvalue weighted by molar-refractivity contribution is 5.95. The Kier molecular flexibility index (Phi) is 3.14. The maximum absolute atomic E-state index is 13.2. The van der Waals surface area contributed by atoms with Gasteiger partial charge in [0.1, 0.15) is 17.3 Å². The van der Waals surface area contributed by atoms with Crippen LogP contribution in [-0.2, 0) is 4.79 Å². The maximum Gasteiger partial charge on any atom is 0.221 e. The normalized spacial score (nSPS) is 9.87. The Hall–Kier alpha value is -1.78. The zero-order chi connectivity index (χ0) is 11.6. The van der Waals surface area contributed by atoms with E-state index in [1.165, 1.54) is 6.92 Å². The average Bonchev–Trinajstić information content (AvgIpc) is 2.10. The first-order chi connectivity index (χ1) is 6.91. The van der Waals surface area contributed by atoms with Crippen LogP contribution in [0.25, 0.3) is 0 Å². The SMILES string of the molecule is CC(=O)Nc1c(F)cc(C(C)=O)cc1F. The van der Waals surface area contributed by atoms with Gasteiger partial charge < -0.3 is 5.32 Å². The van der Waals surface area contributed by atoms with Gasteiger partial charge in [-0.2, -0.15) is 0 Å². The van der Waals surface area contributed by atoms with Crippen molar-refractivity contribution >= 4 is 17.4 Å². The fraction of sp³-hybridized carbons (Fsp3) is 0.200. The van der Waals surface area contributed by atoms with Crippen LogP contribution < -0.4 is 5.32 Å². The van der Waals surface area contributed by atoms with Crippen molar-refractivity contribution in [3.8, 4) is 0 Å². The number of halogens is 2. The van der Waals surface area contributed by atoms with Crippen LogP contribution in [0.3, 0.4) is 0 Å². The van der Waals surface area contributed by atoms with Crippen LogP contribution in [0.5, 0.6) is 0 Å². The number of amides is 1. The number of nitrogens with one attached hydrogen (secondary N) is 1. The molecule has 0 unspecified atom stereocenters. The van der Waals surface area contributed by atoms with Crippen LogP contribution in [0.2, 0.25) is 0 Å². The third-order valence-electron chi connectivity index (χ3n) is 1.75. The van der Waals surface area contributed by atoms with Crippen molar-refractivity contribution in [3.63, 3.8) is 0 Å². The summed E-state index contributed by atoms with van der Waals surface area (Å²) in [5.41, 5.74) is -0.605. The van der Waals surface area contributed by atoms with Gasteiger partial charge in [-0.05, 0) is 19.1 Å². The second-order valence-electron chi connectivity index (χ2n) is 3.05. The second-order valence-corrected chi connectivity index (χ2v) is 3.05. The number of hydrogen-bond donors (Lipinski definition) is 1. The zero-order valence-corrected chi connectivity index (χ0v) is 8.23. The molecular formula is C10H9F2NO2. The molecular weight excluding hydrogens is 204 g/mol. The lowest BCUT2D eigenvalue weighted by Gasteiger charge is -2.06. The van der Waals surface area contributed by atoms with Crippen molar-refractivity contribution in [1.29, 1.82) is 0 Å². The molecule has 1 aromatic rings. The van der Waals surface area contributed by atoms with Crippen LogP contribution >= 0.6 is 0 Å². The van der Waals surface area contributed by atoms with Crippen molar-refractivity contribution in [3.05, 3.63) is 29.3 Å². The summed E-state index contributed by atoms with van der Waals surface area (Å²) < 4.78 is 26.4. The summed E-state index contributed by atoms with van der Waals surface area (Å²) in [6.07, 6.45) is 0. The predicted octanol–water partition coefficient (Wildman–Crippen LogP) is 2.13. The molecule has 0 fully saturated rings. The Labute approximate surface area is 85.1 Å². The monoisotopic (exact) mass is 213 g/mol. The van der Waals surface area contributed by atoms with Gasteiger partial charge in [0.2, 0.25) is 5.91 Å². The Morgan fingerprint density at radius 1 is 1.13 bits per heavy atom. The van der Waals surface area contributed by atoms with Crippen molar-refractivity contribution in [2.75, 3.05) is 5.32 Å². The smallest absolute Gasteiger partial charge is 0.221 e. The molecule has 1 rings (SSSR count). The van der Waals surface area contributed by atoms with Crippen molar-refractivity contribution < 1.29 is 18.4 Å². The summed E-state index contributed by atoms with van der Waals surface area (Å²) >= 11 is 0. The molecule has 1 amide bonds. The maximum atomic E-state index is 13.2. The highest BCUT2D eigenvalue weighted by Crippen LogP contribution is 2.20. The summed E-state index contributed by atoms with van der Waals surface area (Å²) in [6.45, 7) is 2.34. The first-order valence-corrected chi connectivity index (χ1v) is 4.19. The minimum atomic E-state index is -0.963. The second kappa shape index (κ2) is 4.16. The van der Waals surface area contributed by atoms with Crippen LogP contribution in [-0.4, -0.2) is 11.7 Å². The van der Waals surface area contributed by atoms with E-state index in [-0.39, 0.29) is 5.56 Å². The summed E-state index contributed by atoms with van der Waals surface area (Å²) in [5, 5.41) is 2.01. The molecule has 0 saturated carbocycles. The standard InChI is InChI=1S/C10H9F2NO2/c1-5(14)7-3-8(11)10(9(12)4-7)13-6(2)15/h3-4H,1-2H3,(H,13,15). The number of carbonyl (C=O) groups excluding carboxylic acids is 2. The molecule has 15 heavy (non-hydrogen) atoms. The molecule has 0 aliphatic heterocycles. The van der Waals surface area contributed by atoms with Gasteiger partial charge in [0.05, 0.1) is 0 Å². The molecule has 3 nitrogen and oxygen atoms in total. The van der Waals surface area contributed by atoms with E-state index in [1.807, 2.05) is 5.32 Å². The molecule has 0 bridgehead atoms. The van der Waals surface area contributed by atoms with Crippen molar-refractivity contribution in [2.24, 2.45) is 0 Å². The highest BCUT2D eigenvalue weighted by Gasteiger charge is 2.13. The zero-order valence-electron chi connectivity index (χ0n) is 8.23. The van der Waals surface area contributed by atoms with E-state index >= 15 is 0 Å². The van der Waals surface area contributed by atoms with Crippen LogP contribution in [0.15, 0.2) is 12.1 Å². The summed E-state index contributed by atoms with van der Waals surface area (Å²) in [7, 11) is 0. The van der Waals surface area contributed by atoms with Gasteiger partial charge in [0.15, 0.2) is 5.78 Å². The number of benzene rings is 1. The first kappa shape index (κ1) is 11.3. The van der Waals surface area contributed by atoms with Crippen molar-refractivity contribution in [1.82, 2.24) is 0 Å². The highest BCUT2D eigenvalue weighted by atomic mass is 19.1. The molecule has 0 aliphatic carbocycles. The van der Waals surface area contributed by atoms with Gasteiger partial charge in [-0.3, -0.25) is 9.59 Å². The average molecular weight is 213 g/mol. The van der Waals surface area contributed by atoms with E-state index < -0.39 is 29.0 Å². The molecule has 0 saturated heterocycles.